The molecular weight excluding hydrogens is 510 g/mol. The van der Waals surface area contributed by atoms with E-state index in [4.69, 9.17) is 5.26 Å². The fourth-order valence-electron chi connectivity index (χ4n) is 6.92. The summed E-state index contributed by atoms with van der Waals surface area (Å²) >= 11 is 0. The van der Waals surface area contributed by atoms with Crippen LogP contribution in [0.15, 0.2) is 128 Å². The Morgan fingerprint density at radius 3 is 2.26 bits per heavy atom. The van der Waals surface area contributed by atoms with Gasteiger partial charge in [-0.05, 0) is 75.8 Å². The standard InChI is InChI=1S/C39H27N3/c1-39(2)33-15-5-3-13-30(33)31-18-20-36-37(38(31)39)32-14-4-6-16-35(32)42(36)29-12-8-10-27(22-29)26-9-7-11-28(21-26)34-19-17-25(23-40)24-41-34/h3-22,24H,1-2H3. The van der Waals surface area contributed by atoms with Gasteiger partial charge < -0.3 is 4.57 Å². The minimum absolute atomic E-state index is 0.0951. The van der Waals surface area contributed by atoms with Crippen molar-refractivity contribution in [2.45, 2.75) is 19.3 Å². The molecule has 0 N–H and O–H groups in total. The molecule has 0 amide bonds. The maximum absolute atomic E-state index is 9.15. The van der Waals surface area contributed by atoms with E-state index >= 15 is 0 Å². The van der Waals surface area contributed by atoms with Crippen LogP contribution in [0.4, 0.5) is 0 Å². The van der Waals surface area contributed by atoms with Crippen molar-refractivity contribution in [2.75, 3.05) is 0 Å². The summed E-state index contributed by atoms with van der Waals surface area (Å²) in [6.45, 7) is 4.72. The summed E-state index contributed by atoms with van der Waals surface area (Å²) in [5.74, 6) is 0. The molecule has 0 fully saturated rings. The Kier molecular flexibility index (Phi) is 5.23. The molecule has 0 spiro atoms. The zero-order valence-corrected chi connectivity index (χ0v) is 23.5. The lowest BCUT2D eigenvalue weighted by Gasteiger charge is -2.22. The maximum Gasteiger partial charge on any atom is 0.101 e. The number of rotatable bonds is 3. The summed E-state index contributed by atoms with van der Waals surface area (Å²) in [5, 5.41) is 11.8. The fourth-order valence-corrected chi connectivity index (χ4v) is 6.92. The first-order chi connectivity index (χ1) is 20.5. The van der Waals surface area contributed by atoms with Gasteiger partial charge in [-0.2, -0.15) is 5.26 Å². The number of para-hydroxylation sites is 1. The highest BCUT2D eigenvalue weighted by Crippen LogP contribution is 2.53. The van der Waals surface area contributed by atoms with Crippen LogP contribution >= 0.6 is 0 Å². The monoisotopic (exact) mass is 537 g/mol. The predicted octanol–water partition coefficient (Wildman–Crippen LogP) is 9.69. The van der Waals surface area contributed by atoms with Gasteiger partial charge in [0, 0.05) is 33.6 Å². The molecule has 0 atom stereocenters. The summed E-state index contributed by atoms with van der Waals surface area (Å²) in [6, 6.07) is 45.4. The van der Waals surface area contributed by atoms with E-state index in [0.29, 0.717) is 5.56 Å². The van der Waals surface area contributed by atoms with Crippen LogP contribution in [0.5, 0.6) is 0 Å². The van der Waals surface area contributed by atoms with E-state index in [2.05, 4.69) is 139 Å². The first-order valence-electron chi connectivity index (χ1n) is 14.3. The minimum Gasteiger partial charge on any atom is -0.309 e. The molecule has 0 aliphatic heterocycles. The van der Waals surface area contributed by atoms with Crippen molar-refractivity contribution in [2.24, 2.45) is 0 Å². The average molecular weight is 538 g/mol. The Hall–Kier alpha value is -5.46. The quantitative estimate of drug-likeness (QED) is 0.225. The van der Waals surface area contributed by atoms with Gasteiger partial charge >= 0.3 is 0 Å². The summed E-state index contributed by atoms with van der Waals surface area (Å²) in [5.41, 5.74) is 13.7. The van der Waals surface area contributed by atoms with Crippen molar-refractivity contribution in [1.82, 2.24) is 9.55 Å². The number of fused-ring (bicyclic) bond motifs is 7. The molecular formula is C39H27N3. The van der Waals surface area contributed by atoms with Crippen LogP contribution in [0.3, 0.4) is 0 Å². The Balaban J connectivity index is 1.31. The van der Waals surface area contributed by atoms with Crippen LogP contribution in [0.2, 0.25) is 0 Å². The summed E-state index contributed by atoms with van der Waals surface area (Å²) < 4.78 is 2.42. The van der Waals surface area contributed by atoms with E-state index in [9.17, 15) is 0 Å². The Bertz CT molecular complexity index is 2230. The molecule has 2 heterocycles. The molecule has 8 rings (SSSR count). The molecule has 7 aromatic rings. The molecule has 0 unspecified atom stereocenters. The predicted molar refractivity (Wildman–Crippen MR) is 172 cm³/mol. The first kappa shape index (κ1) is 24.3. The van der Waals surface area contributed by atoms with Gasteiger partial charge in [-0.15, -0.1) is 0 Å². The molecule has 0 saturated carbocycles. The third-order valence-corrected chi connectivity index (χ3v) is 8.84. The lowest BCUT2D eigenvalue weighted by atomic mass is 9.80. The Morgan fingerprint density at radius 2 is 1.43 bits per heavy atom. The first-order valence-corrected chi connectivity index (χ1v) is 14.3. The third-order valence-electron chi connectivity index (χ3n) is 8.84. The number of benzene rings is 5. The van der Waals surface area contributed by atoms with E-state index in [-0.39, 0.29) is 5.41 Å². The van der Waals surface area contributed by atoms with E-state index in [1.807, 2.05) is 12.1 Å². The number of pyridine rings is 1. The van der Waals surface area contributed by atoms with Crippen LogP contribution in [-0.2, 0) is 5.41 Å². The zero-order chi connectivity index (χ0) is 28.4. The topological polar surface area (TPSA) is 41.6 Å². The van der Waals surface area contributed by atoms with Gasteiger partial charge in [0.15, 0.2) is 0 Å². The van der Waals surface area contributed by atoms with Crippen molar-refractivity contribution >= 4 is 21.8 Å². The van der Waals surface area contributed by atoms with Crippen LogP contribution < -0.4 is 0 Å². The summed E-state index contributed by atoms with van der Waals surface area (Å²) in [6.07, 6.45) is 1.63. The van der Waals surface area contributed by atoms with Crippen molar-refractivity contribution < 1.29 is 0 Å². The van der Waals surface area contributed by atoms with Crippen LogP contribution in [-0.4, -0.2) is 9.55 Å². The van der Waals surface area contributed by atoms with Gasteiger partial charge in [-0.3, -0.25) is 4.98 Å². The molecule has 3 heteroatoms. The number of aromatic nitrogens is 2. The molecule has 3 nitrogen and oxygen atoms in total. The molecule has 2 aromatic heterocycles. The third kappa shape index (κ3) is 3.49. The van der Waals surface area contributed by atoms with E-state index in [0.717, 1.165) is 28.1 Å². The molecule has 1 aliphatic carbocycles. The number of nitriles is 1. The largest absolute Gasteiger partial charge is 0.309 e. The molecule has 0 radical (unpaired) electrons. The van der Waals surface area contributed by atoms with Crippen LogP contribution in [0.25, 0.3) is 61.0 Å². The van der Waals surface area contributed by atoms with Crippen molar-refractivity contribution in [3.8, 4) is 45.3 Å². The highest BCUT2D eigenvalue weighted by Gasteiger charge is 2.37. The lowest BCUT2D eigenvalue weighted by Crippen LogP contribution is -2.15. The molecule has 1 aliphatic rings. The zero-order valence-electron chi connectivity index (χ0n) is 23.5. The van der Waals surface area contributed by atoms with Gasteiger partial charge in [-0.1, -0.05) is 92.7 Å². The molecule has 5 aromatic carbocycles. The van der Waals surface area contributed by atoms with Crippen LogP contribution in [0, 0.1) is 11.3 Å². The second-order valence-corrected chi connectivity index (χ2v) is 11.6. The highest BCUT2D eigenvalue weighted by atomic mass is 15.0. The summed E-state index contributed by atoms with van der Waals surface area (Å²) in [4.78, 5) is 4.51. The van der Waals surface area contributed by atoms with Crippen molar-refractivity contribution in [3.05, 3.63) is 144 Å². The second kappa shape index (κ2) is 9.03. The van der Waals surface area contributed by atoms with E-state index in [1.165, 1.54) is 44.1 Å². The molecule has 198 valence electrons. The van der Waals surface area contributed by atoms with Gasteiger partial charge in [0.2, 0.25) is 0 Å². The molecule has 42 heavy (non-hydrogen) atoms. The van der Waals surface area contributed by atoms with Gasteiger partial charge in [0.05, 0.1) is 22.3 Å². The van der Waals surface area contributed by atoms with E-state index < -0.39 is 0 Å². The maximum atomic E-state index is 9.15. The minimum atomic E-state index is -0.0951. The summed E-state index contributed by atoms with van der Waals surface area (Å²) in [7, 11) is 0. The average Bonchev–Trinajstić information content (AvgIpc) is 3.50. The molecule has 0 bridgehead atoms. The molecule has 0 saturated heterocycles. The van der Waals surface area contributed by atoms with Gasteiger partial charge in [0.1, 0.15) is 6.07 Å². The fraction of sp³-hybridized carbons (Fsp3) is 0.0769. The van der Waals surface area contributed by atoms with Crippen molar-refractivity contribution in [1.29, 1.82) is 5.26 Å². The van der Waals surface area contributed by atoms with Gasteiger partial charge in [-0.25, -0.2) is 0 Å². The van der Waals surface area contributed by atoms with E-state index in [1.54, 1.807) is 6.20 Å². The Morgan fingerprint density at radius 1 is 0.667 bits per heavy atom. The van der Waals surface area contributed by atoms with Crippen molar-refractivity contribution in [3.63, 3.8) is 0 Å². The number of hydrogen-bond donors (Lipinski definition) is 0. The SMILES string of the molecule is CC1(C)c2ccccc2-c2ccc3c(c21)c1ccccc1n3-c1cccc(-c2cccc(-c3ccc(C#N)cn3)c2)c1. The number of hydrogen-bond acceptors (Lipinski definition) is 2. The lowest BCUT2D eigenvalue weighted by molar-refractivity contribution is 0.666. The number of nitrogens with zero attached hydrogens (tertiary/aromatic N) is 3. The Labute approximate surface area is 245 Å². The highest BCUT2D eigenvalue weighted by molar-refractivity contribution is 6.14. The second-order valence-electron chi connectivity index (χ2n) is 11.6. The normalized spacial score (nSPS) is 13.2. The smallest absolute Gasteiger partial charge is 0.101 e. The van der Waals surface area contributed by atoms with Gasteiger partial charge in [0.25, 0.3) is 0 Å². The van der Waals surface area contributed by atoms with Crippen LogP contribution in [0.1, 0.15) is 30.5 Å².